The van der Waals surface area contributed by atoms with Crippen LogP contribution in [0.1, 0.15) is 30.8 Å². The summed E-state index contributed by atoms with van der Waals surface area (Å²) in [5, 5.41) is 11.1. The number of nitrogens with one attached hydrogen (secondary N) is 1. The number of para-hydroxylation sites is 1. The van der Waals surface area contributed by atoms with Crippen LogP contribution in [0.3, 0.4) is 0 Å². The first kappa shape index (κ1) is 14.2. The van der Waals surface area contributed by atoms with Gasteiger partial charge in [0.15, 0.2) is 5.82 Å². The van der Waals surface area contributed by atoms with Gasteiger partial charge in [0.25, 0.3) is 0 Å². The molecule has 7 nitrogen and oxygen atoms in total. The zero-order valence-corrected chi connectivity index (χ0v) is 12.8. The van der Waals surface area contributed by atoms with Crippen LogP contribution < -0.4 is 5.32 Å². The number of rotatable bonds is 3. The summed E-state index contributed by atoms with van der Waals surface area (Å²) in [5.41, 5.74) is 0.810. The summed E-state index contributed by atoms with van der Waals surface area (Å²) >= 11 is 0. The van der Waals surface area contributed by atoms with Gasteiger partial charge in [0, 0.05) is 25.4 Å². The number of carbonyl (C=O) groups is 1. The van der Waals surface area contributed by atoms with E-state index in [2.05, 4.69) is 20.1 Å². The lowest BCUT2D eigenvalue weighted by molar-refractivity contribution is 0.0888. The zero-order chi connectivity index (χ0) is 15.6. The van der Waals surface area contributed by atoms with Gasteiger partial charge in [0.1, 0.15) is 12.4 Å². The van der Waals surface area contributed by atoms with Gasteiger partial charge in [-0.1, -0.05) is 18.2 Å². The number of urea groups is 1. The number of nitrogens with zero attached hydrogens (tertiary/aromatic N) is 4. The molecule has 1 atom stereocenters. The molecule has 1 N–H and O–H groups in total. The van der Waals surface area contributed by atoms with Gasteiger partial charge < -0.3 is 19.5 Å². The van der Waals surface area contributed by atoms with Crippen molar-refractivity contribution in [2.24, 2.45) is 0 Å². The summed E-state index contributed by atoms with van der Waals surface area (Å²) in [7, 11) is 0. The van der Waals surface area contributed by atoms with Crippen LogP contribution in [0, 0.1) is 0 Å². The van der Waals surface area contributed by atoms with E-state index in [0.29, 0.717) is 13.1 Å². The molecule has 4 rings (SSSR count). The first-order chi connectivity index (χ1) is 11.3. The molecule has 2 saturated heterocycles. The molecule has 0 aliphatic carbocycles. The summed E-state index contributed by atoms with van der Waals surface area (Å²) in [6.07, 6.45) is 3.84. The van der Waals surface area contributed by atoms with Crippen LogP contribution in [0.5, 0.6) is 0 Å². The Morgan fingerprint density at radius 1 is 1.26 bits per heavy atom. The van der Waals surface area contributed by atoms with Crippen molar-refractivity contribution in [1.29, 1.82) is 0 Å². The minimum atomic E-state index is -0.0702. The minimum absolute atomic E-state index is 0.0460. The van der Waals surface area contributed by atoms with Gasteiger partial charge >= 0.3 is 6.03 Å². The van der Waals surface area contributed by atoms with Gasteiger partial charge in [0.05, 0.1) is 6.04 Å². The number of likely N-dealkylation sites (tertiary alicyclic amines) is 1. The summed E-state index contributed by atoms with van der Waals surface area (Å²) in [5.74, 6) is 0.885. The van der Waals surface area contributed by atoms with E-state index in [1.807, 2.05) is 30.3 Å². The molecule has 2 fully saturated rings. The molecular weight excluding hydrogens is 294 g/mol. The van der Waals surface area contributed by atoms with Gasteiger partial charge in [-0.2, -0.15) is 0 Å². The van der Waals surface area contributed by atoms with Crippen LogP contribution >= 0.6 is 0 Å². The van der Waals surface area contributed by atoms with Crippen molar-refractivity contribution < 1.29 is 9.53 Å². The van der Waals surface area contributed by atoms with E-state index in [9.17, 15) is 4.79 Å². The third-order valence-corrected chi connectivity index (χ3v) is 4.39. The van der Waals surface area contributed by atoms with Crippen molar-refractivity contribution in [3.8, 4) is 0 Å². The minimum Gasteiger partial charge on any atom is -0.370 e. The highest BCUT2D eigenvalue weighted by Gasteiger charge is 2.35. The Bertz CT molecular complexity index is 675. The van der Waals surface area contributed by atoms with Gasteiger partial charge in [-0.15, -0.1) is 10.2 Å². The highest BCUT2D eigenvalue weighted by Crippen LogP contribution is 2.31. The van der Waals surface area contributed by atoms with Gasteiger partial charge in [-0.05, 0) is 25.0 Å². The van der Waals surface area contributed by atoms with E-state index in [0.717, 1.165) is 31.0 Å². The summed E-state index contributed by atoms with van der Waals surface area (Å²) < 4.78 is 7.75. The molecule has 0 radical (unpaired) electrons. The van der Waals surface area contributed by atoms with Crippen LogP contribution in [0.15, 0.2) is 36.7 Å². The average Bonchev–Trinajstić information content (AvgIpc) is 3.17. The Labute approximate surface area is 134 Å². The summed E-state index contributed by atoms with van der Waals surface area (Å²) in [4.78, 5) is 14.0. The van der Waals surface area contributed by atoms with Gasteiger partial charge in [0.2, 0.25) is 0 Å². The van der Waals surface area contributed by atoms with Crippen LogP contribution in [0.2, 0.25) is 0 Å². The van der Waals surface area contributed by atoms with Crippen molar-refractivity contribution in [3.63, 3.8) is 0 Å². The van der Waals surface area contributed by atoms with E-state index in [1.54, 1.807) is 11.2 Å². The second-order valence-corrected chi connectivity index (χ2v) is 5.95. The van der Waals surface area contributed by atoms with E-state index >= 15 is 0 Å². The molecule has 2 aliphatic heterocycles. The Balaban J connectivity index is 1.36. The first-order valence-electron chi connectivity index (χ1n) is 7.93. The third-order valence-electron chi connectivity index (χ3n) is 4.39. The summed E-state index contributed by atoms with van der Waals surface area (Å²) in [6.45, 7) is 2.11. The maximum absolute atomic E-state index is 12.2. The molecule has 0 saturated carbocycles. The molecule has 7 heteroatoms. The first-order valence-corrected chi connectivity index (χ1v) is 7.93. The quantitative estimate of drug-likeness (QED) is 0.943. The second-order valence-electron chi connectivity index (χ2n) is 5.95. The Hall–Kier alpha value is -2.41. The number of hydrogen-bond acceptors (Lipinski definition) is 4. The number of benzene rings is 1. The van der Waals surface area contributed by atoms with E-state index in [4.69, 9.17) is 4.74 Å². The fraction of sp³-hybridized carbons (Fsp3) is 0.438. The molecule has 1 aromatic carbocycles. The zero-order valence-electron chi connectivity index (χ0n) is 12.8. The molecule has 0 spiro atoms. The third kappa shape index (κ3) is 2.79. The molecule has 2 aromatic rings. The SMILES string of the molecule is O=C(Nc1ccccc1)N1CC(n2cnnc2C2CCCO2)C1. The second kappa shape index (κ2) is 6.00. The maximum Gasteiger partial charge on any atom is 0.321 e. The Morgan fingerprint density at radius 3 is 2.83 bits per heavy atom. The van der Waals surface area contributed by atoms with Crippen LogP contribution in [-0.4, -0.2) is 45.4 Å². The molecule has 2 aliphatic rings. The fourth-order valence-electron chi connectivity index (χ4n) is 3.07. The molecule has 3 heterocycles. The fourth-order valence-corrected chi connectivity index (χ4v) is 3.07. The standard InChI is InChI=1S/C16H19N5O2/c22-16(18-12-5-2-1-3-6-12)20-9-13(10-20)21-11-17-19-15(21)14-7-4-8-23-14/h1-3,5-6,11,13-14H,4,7-10H2,(H,18,22). The lowest BCUT2D eigenvalue weighted by Crippen LogP contribution is -2.52. The van der Waals surface area contributed by atoms with Gasteiger partial charge in [-0.3, -0.25) is 0 Å². The van der Waals surface area contributed by atoms with Crippen LogP contribution in [0.25, 0.3) is 0 Å². The van der Waals surface area contributed by atoms with Crippen LogP contribution in [-0.2, 0) is 4.74 Å². The predicted octanol–water partition coefficient (Wildman–Crippen LogP) is 2.22. The highest BCUT2D eigenvalue weighted by molar-refractivity contribution is 5.89. The molecule has 120 valence electrons. The Kier molecular flexibility index (Phi) is 3.70. The average molecular weight is 313 g/mol. The number of aromatic nitrogens is 3. The number of hydrogen-bond donors (Lipinski definition) is 1. The number of carbonyl (C=O) groups excluding carboxylic acids is 1. The maximum atomic E-state index is 12.2. The number of amides is 2. The molecule has 1 unspecified atom stereocenters. The molecule has 0 bridgehead atoms. The van der Waals surface area contributed by atoms with E-state index < -0.39 is 0 Å². The topological polar surface area (TPSA) is 72.3 Å². The van der Waals surface area contributed by atoms with Crippen molar-refractivity contribution in [2.75, 3.05) is 25.0 Å². The smallest absolute Gasteiger partial charge is 0.321 e. The number of ether oxygens (including phenoxy) is 1. The van der Waals surface area contributed by atoms with Crippen molar-refractivity contribution in [3.05, 3.63) is 42.5 Å². The highest BCUT2D eigenvalue weighted by atomic mass is 16.5. The normalized spacial score (nSPS) is 21.2. The molecular formula is C16H19N5O2. The van der Waals surface area contributed by atoms with Crippen molar-refractivity contribution >= 4 is 11.7 Å². The molecule has 23 heavy (non-hydrogen) atoms. The van der Waals surface area contributed by atoms with E-state index in [1.165, 1.54) is 0 Å². The predicted molar refractivity (Wildman–Crippen MR) is 84.0 cm³/mol. The largest absolute Gasteiger partial charge is 0.370 e. The van der Waals surface area contributed by atoms with Crippen molar-refractivity contribution in [1.82, 2.24) is 19.7 Å². The van der Waals surface area contributed by atoms with Crippen molar-refractivity contribution in [2.45, 2.75) is 25.0 Å². The lowest BCUT2D eigenvalue weighted by atomic mass is 10.1. The lowest BCUT2D eigenvalue weighted by Gasteiger charge is -2.40. The molecule has 1 aromatic heterocycles. The monoisotopic (exact) mass is 313 g/mol. The number of anilines is 1. The van der Waals surface area contributed by atoms with Gasteiger partial charge in [-0.25, -0.2) is 4.79 Å². The van der Waals surface area contributed by atoms with E-state index in [-0.39, 0.29) is 18.2 Å². The van der Waals surface area contributed by atoms with Crippen LogP contribution in [0.4, 0.5) is 10.5 Å². The molecule has 2 amide bonds. The Morgan fingerprint density at radius 2 is 2.09 bits per heavy atom. The summed E-state index contributed by atoms with van der Waals surface area (Å²) in [6, 6.07) is 9.65.